The molecular weight excluding hydrogens is 404 g/mol. The summed E-state index contributed by atoms with van der Waals surface area (Å²) < 4.78 is 16.5. The van der Waals surface area contributed by atoms with E-state index in [1.54, 1.807) is 25.3 Å². The van der Waals surface area contributed by atoms with Crippen LogP contribution >= 0.6 is 0 Å². The topological polar surface area (TPSA) is 60.9 Å². The molecule has 1 aliphatic heterocycles. The van der Waals surface area contributed by atoms with Crippen molar-refractivity contribution in [2.75, 3.05) is 27.7 Å². The summed E-state index contributed by atoms with van der Waals surface area (Å²) >= 11 is 0. The summed E-state index contributed by atoms with van der Waals surface area (Å²) in [5, 5.41) is 0. The molecule has 32 heavy (non-hydrogen) atoms. The van der Waals surface area contributed by atoms with Crippen molar-refractivity contribution in [1.82, 2.24) is 9.88 Å². The first kappa shape index (κ1) is 24.1. The molecule has 2 heterocycles. The van der Waals surface area contributed by atoms with E-state index in [9.17, 15) is 4.79 Å². The molecule has 1 fully saturated rings. The number of carbonyl (C=O) groups excluding carboxylic acids is 1. The van der Waals surface area contributed by atoms with Crippen LogP contribution in [0.25, 0.3) is 12.2 Å². The summed E-state index contributed by atoms with van der Waals surface area (Å²) in [7, 11) is 3.16. The summed E-state index contributed by atoms with van der Waals surface area (Å²) in [5.41, 5.74) is 3.21. The van der Waals surface area contributed by atoms with E-state index < -0.39 is 5.60 Å². The van der Waals surface area contributed by atoms with Gasteiger partial charge in [0.25, 0.3) is 5.91 Å². The first-order valence-corrected chi connectivity index (χ1v) is 11.0. The van der Waals surface area contributed by atoms with Gasteiger partial charge >= 0.3 is 0 Å². The number of hydrogen-bond acceptors (Lipinski definition) is 5. The van der Waals surface area contributed by atoms with Crippen LogP contribution in [-0.4, -0.2) is 55.2 Å². The van der Waals surface area contributed by atoms with Gasteiger partial charge < -0.3 is 19.1 Å². The van der Waals surface area contributed by atoms with Gasteiger partial charge in [-0.2, -0.15) is 0 Å². The molecule has 1 aliphatic rings. The SMILES string of the molecule is COCO[C@@]1(Cc2cc(/C=C/c3cccc(C)c3)ccn2)C(=O)N(COC)[C@H]1CC(C)C. The van der Waals surface area contributed by atoms with Crippen LogP contribution in [0.1, 0.15) is 42.7 Å². The third-order valence-corrected chi connectivity index (χ3v) is 5.73. The molecule has 1 saturated heterocycles. The fourth-order valence-electron chi connectivity index (χ4n) is 4.26. The van der Waals surface area contributed by atoms with Gasteiger partial charge in [-0.25, -0.2) is 0 Å². The minimum atomic E-state index is -0.995. The number of pyridine rings is 1. The van der Waals surface area contributed by atoms with Crippen LogP contribution in [0, 0.1) is 12.8 Å². The van der Waals surface area contributed by atoms with Crippen molar-refractivity contribution < 1.29 is 19.0 Å². The molecule has 0 bridgehead atoms. The van der Waals surface area contributed by atoms with Crippen LogP contribution < -0.4 is 0 Å². The fraction of sp³-hybridized carbons (Fsp3) is 0.462. The quantitative estimate of drug-likeness (QED) is 0.386. The number of hydrogen-bond donors (Lipinski definition) is 0. The van der Waals surface area contributed by atoms with Crippen LogP contribution in [0.5, 0.6) is 0 Å². The number of rotatable bonds is 11. The summed E-state index contributed by atoms with van der Waals surface area (Å²) in [6, 6.07) is 12.2. The lowest BCUT2D eigenvalue weighted by atomic mass is 9.75. The Morgan fingerprint density at radius 2 is 1.88 bits per heavy atom. The molecule has 0 N–H and O–H groups in total. The first-order valence-electron chi connectivity index (χ1n) is 11.0. The molecule has 0 aliphatic carbocycles. The zero-order valence-electron chi connectivity index (χ0n) is 19.7. The van der Waals surface area contributed by atoms with Crippen molar-refractivity contribution in [2.45, 2.75) is 45.3 Å². The second-order valence-corrected chi connectivity index (χ2v) is 8.78. The van der Waals surface area contributed by atoms with E-state index >= 15 is 0 Å². The van der Waals surface area contributed by atoms with Gasteiger partial charge in [-0.15, -0.1) is 0 Å². The van der Waals surface area contributed by atoms with Crippen LogP contribution in [0.2, 0.25) is 0 Å². The maximum Gasteiger partial charge on any atom is 0.259 e. The molecule has 1 aromatic carbocycles. The molecule has 3 rings (SSSR count). The van der Waals surface area contributed by atoms with E-state index in [1.165, 1.54) is 5.56 Å². The Morgan fingerprint density at radius 1 is 1.12 bits per heavy atom. The first-order chi connectivity index (χ1) is 15.4. The molecule has 0 spiro atoms. The molecule has 1 amide bonds. The van der Waals surface area contributed by atoms with Gasteiger partial charge in [0.05, 0.1) is 6.04 Å². The molecular formula is C26H34N2O4. The molecule has 2 aromatic rings. The second kappa shape index (κ2) is 10.9. The zero-order valence-corrected chi connectivity index (χ0v) is 19.7. The highest BCUT2D eigenvalue weighted by Gasteiger charge is 2.61. The van der Waals surface area contributed by atoms with Crippen LogP contribution in [0.4, 0.5) is 0 Å². The highest BCUT2D eigenvalue weighted by Crippen LogP contribution is 2.40. The minimum absolute atomic E-state index is 0.0497. The summed E-state index contributed by atoms with van der Waals surface area (Å²) in [4.78, 5) is 19.5. The average molecular weight is 439 g/mol. The largest absolute Gasteiger partial charge is 0.364 e. The number of likely N-dealkylation sites (tertiary alicyclic amines) is 1. The fourth-order valence-corrected chi connectivity index (χ4v) is 4.26. The summed E-state index contributed by atoms with van der Waals surface area (Å²) in [6.07, 6.45) is 7.13. The van der Waals surface area contributed by atoms with E-state index in [0.29, 0.717) is 12.3 Å². The Labute approximate surface area is 191 Å². The van der Waals surface area contributed by atoms with E-state index in [2.05, 4.69) is 56.1 Å². The number of aryl methyl sites for hydroxylation is 1. The molecule has 2 atom stereocenters. The van der Waals surface area contributed by atoms with Gasteiger partial charge in [0.2, 0.25) is 0 Å². The normalized spacial score (nSPS) is 20.9. The number of ether oxygens (including phenoxy) is 3. The van der Waals surface area contributed by atoms with E-state index in [4.69, 9.17) is 14.2 Å². The molecule has 1 aromatic heterocycles. The molecule has 6 heteroatoms. The molecule has 0 saturated carbocycles. The average Bonchev–Trinajstić information content (AvgIpc) is 2.78. The Bertz CT molecular complexity index is 943. The summed E-state index contributed by atoms with van der Waals surface area (Å²) in [5.74, 6) is 0.319. The monoisotopic (exact) mass is 438 g/mol. The van der Waals surface area contributed by atoms with E-state index in [-0.39, 0.29) is 25.5 Å². The number of amides is 1. The van der Waals surface area contributed by atoms with Crippen molar-refractivity contribution >= 4 is 18.1 Å². The Hall–Kier alpha value is -2.54. The molecule has 0 radical (unpaired) electrons. The summed E-state index contributed by atoms with van der Waals surface area (Å²) in [6.45, 7) is 6.67. The van der Waals surface area contributed by atoms with Crippen molar-refractivity contribution in [2.24, 2.45) is 5.92 Å². The molecule has 172 valence electrons. The highest BCUT2D eigenvalue weighted by atomic mass is 16.7. The van der Waals surface area contributed by atoms with Gasteiger partial charge in [0.1, 0.15) is 13.5 Å². The highest BCUT2D eigenvalue weighted by molar-refractivity contribution is 5.93. The zero-order chi connectivity index (χ0) is 23.1. The Kier molecular flexibility index (Phi) is 8.18. The van der Waals surface area contributed by atoms with E-state index in [1.807, 2.05) is 18.2 Å². The van der Waals surface area contributed by atoms with Crippen LogP contribution in [-0.2, 0) is 25.4 Å². The number of benzene rings is 1. The standard InChI is InChI=1S/C26H34N2O4/c1-19(2)13-24-26(32-18-31-5,25(29)28(24)17-30-4)16-23-15-22(11-12-27-23)10-9-21-8-6-7-20(3)14-21/h6-12,14-15,19,24H,13,16-18H2,1-5H3/b10-9+/t24-,26+/m0/s1. The van der Waals surface area contributed by atoms with Crippen molar-refractivity contribution in [1.29, 1.82) is 0 Å². The van der Waals surface area contributed by atoms with Gasteiger partial charge in [0.15, 0.2) is 5.60 Å². The molecule has 6 nitrogen and oxygen atoms in total. The Morgan fingerprint density at radius 3 is 2.53 bits per heavy atom. The maximum absolute atomic E-state index is 13.2. The third kappa shape index (κ3) is 5.44. The third-order valence-electron chi connectivity index (χ3n) is 5.73. The maximum atomic E-state index is 13.2. The number of methoxy groups -OCH3 is 2. The lowest BCUT2D eigenvalue weighted by molar-refractivity contribution is -0.235. The Balaban J connectivity index is 1.85. The van der Waals surface area contributed by atoms with Crippen molar-refractivity contribution in [3.63, 3.8) is 0 Å². The number of β-lactam (4-membered cyclic amide) rings is 1. The van der Waals surface area contributed by atoms with Crippen molar-refractivity contribution in [3.8, 4) is 0 Å². The number of nitrogens with zero attached hydrogens (tertiary/aromatic N) is 2. The predicted octanol–water partition coefficient (Wildman–Crippen LogP) is 4.32. The van der Waals surface area contributed by atoms with E-state index in [0.717, 1.165) is 23.2 Å². The van der Waals surface area contributed by atoms with Gasteiger partial charge in [0, 0.05) is 32.5 Å². The molecule has 0 unspecified atom stereocenters. The van der Waals surface area contributed by atoms with Crippen LogP contribution in [0.3, 0.4) is 0 Å². The lowest BCUT2D eigenvalue weighted by Gasteiger charge is -2.55. The number of aromatic nitrogens is 1. The van der Waals surface area contributed by atoms with Crippen molar-refractivity contribution in [3.05, 3.63) is 65.0 Å². The lowest BCUT2D eigenvalue weighted by Crippen LogP contribution is -2.76. The smallest absolute Gasteiger partial charge is 0.259 e. The number of carbonyl (C=O) groups is 1. The second-order valence-electron chi connectivity index (χ2n) is 8.78. The minimum Gasteiger partial charge on any atom is -0.364 e. The van der Waals surface area contributed by atoms with Gasteiger partial charge in [-0.3, -0.25) is 9.78 Å². The van der Waals surface area contributed by atoms with Gasteiger partial charge in [-0.1, -0.05) is 55.8 Å². The van der Waals surface area contributed by atoms with Crippen LogP contribution in [0.15, 0.2) is 42.6 Å². The van der Waals surface area contributed by atoms with Gasteiger partial charge in [-0.05, 0) is 42.5 Å². The predicted molar refractivity (Wildman–Crippen MR) is 126 cm³/mol.